The highest BCUT2D eigenvalue weighted by Gasteiger charge is 2.45. The Morgan fingerprint density at radius 2 is 1.83 bits per heavy atom. The van der Waals surface area contributed by atoms with Gasteiger partial charge in [-0.15, -0.1) is 0 Å². The molecule has 36 heavy (non-hydrogen) atoms. The molecule has 0 saturated carbocycles. The Hall–Kier alpha value is -1.39. The lowest BCUT2D eigenvalue weighted by Crippen LogP contribution is -2.46. The lowest BCUT2D eigenvalue weighted by molar-refractivity contribution is -0.187. The second kappa shape index (κ2) is 15.8. The average Bonchev–Trinajstić information content (AvgIpc) is 2.84. The zero-order valence-corrected chi connectivity index (χ0v) is 21.7. The molecule has 0 aliphatic carbocycles. The van der Waals surface area contributed by atoms with Gasteiger partial charge in [0.05, 0.1) is 12.5 Å². The number of thioether (sulfide) groups is 1. The minimum Gasteiger partial charge on any atom is -0.477 e. The van der Waals surface area contributed by atoms with Crippen molar-refractivity contribution in [2.45, 2.75) is 32.0 Å². The number of alkyl halides is 5. The first-order valence-corrected chi connectivity index (χ1v) is 12.9. The Morgan fingerprint density at radius 3 is 2.36 bits per heavy atom. The molecular weight excluding hydrogens is 531 g/mol. The molecule has 2 aliphatic heterocycles. The number of hydrogen-bond donors (Lipinski definition) is 3. The van der Waals surface area contributed by atoms with Gasteiger partial charge in [0.2, 0.25) is 5.88 Å². The van der Waals surface area contributed by atoms with Gasteiger partial charge in [0.25, 0.3) is 0 Å². The van der Waals surface area contributed by atoms with Gasteiger partial charge < -0.3 is 20.7 Å². The number of ether oxygens (including phenoxy) is 1. The van der Waals surface area contributed by atoms with Crippen LogP contribution >= 0.6 is 23.9 Å². The van der Waals surface area contributed by atoms with Crippen LogP contribution in [0.2, 0.25) is 0 Å². The fourth-order valence-electron chi connectivity index (χ4n) is 3.24. The van der Waals surface area contributed by atoms with Crippen LogP contribution in [0.25, 0.3) is 0 Å². The van der Waals surface area contributed by atoms with Crippen molar-refractivity contribution in [2.24, 2.45) is 17.6 Å². The summed E-state index contributed by atoms with van der Waals surface area (Å²) in [4.78, 5) is 13.4. The number of pyridine rings is 1. The van der Waals surface area contributed by atoms with Gasteiger partial charge in [0, 0.05) is 88.6 Å². The van der Waals surface area contributed by atoms with Gasteiger partial charge in [-0.2, -0.15) is 33.7 Å². The molecule has 2 atom stereocenters. The fourth-order valence-corrected chi connectivity index (χ4v) is 5.57. The maximum Gasteiger partial charge on any atom is 0.393 e. The number of piperidine rings is 1. The smallest absolute Gasteiger partial charge is 0.393 e. The second-order valence-electron chi connectivity index (χ2n) is 8.02. The van der Waals surface area contributed by atoms with Gasteiger partial charge >= 0.3 is 18.1 Å². The zero-order chi connectivity index (χ0) is 27.4. The van der Waals surface area contributed by atoms with E-state index in [0.717, 1.165) is 37.3 Å². The number of carboxylic acids is 1. The third-order valence-corrected chi connectivity index (χ3v) is 7.11. The van der Waals surface area contributed by atoms with E-state index in [9.17, 15) is 26.7 Å². The van der Waals surface area contributed by atoms with E-state index in [0.29, 0.717) is 25.9 Å². The first-order chi connectivity index (χ1) is 16.9. The standard InChI is InChI=1S/C17H25F3N4OS2.C3H4F2O2.CH4O/c18-17(19,20)15-7-14(12-25-16-8-13(9-21)1-2-22-16)10-24(11-15)27-23-3-5-26-6-4-23;1-3(4,5)2(6)7;1-2/h1-2,8,14-15H,3-7,9-12,21H2;1H3,(H,6,7);2H,1H3/t14-,15+;;/m1../s1. The van der Waals surface area contributed by atoms with Crippen LogP contribution in [0, 0.1) is 11.8 Å². The molecule has 0 amide bonds. The molecule has 1 aromatic heterocycles. The van der Waals surface area contributed by atoms with Crippen molar-refractivity contribution in [3.05, 3.63) is 23.9 Å². The zero-order valence-electron chi connectivity index (χ0n) is 20.1. The average molecular weight is 565 g/mol. The monoisotopic (exact) mass is 564 g/mol. The SMILES string of the molecule is CC(F)(F)C(=O)O.CO.NCc1ccnc(OC[C@@H]2C[C@H](C(F)(F)F)CN(SN3CCSCC3)C2)c1. The summed E-state index contributed by atoms with van der Waals surface area (Å²) in [5.41, 5.74) is 6.49. The quantitative estimate of drug-likeness (QED) is 0.337. The molecule has 3 heterocycles. The molecular formula is C21H33F5N4O4S2. The van der Waals surface area contributed by atoms with E-state index in [1.54, 1.807) is 18.3 Å². The predicted molar refractivity (Wildman–Crippen MR) is 130 cm³/mol. The minimum atomic E-state index is -4.19. The van der Waals surface area contributed by atoms with Crippen LogP contribution in [0.1, 0.15) is 18.9 Å². The van der Waals surface area contributed by atoms with E-state index in [1.165, 1.54) is 12.1 Å². The highest BCUT2D eigenvalue weighted by molar-refractivity contribution is 7.99. The molecule has 0 unspecified atom stereocenters. The number of aromatic nitrogens is 1. The van der Waals surface area contributed by atoms with Gasteiger partial charge in [-0.25, -0.2) is 18.4 Å². The summed E-state index contributed by atoms with van der Waals surface area (Å²) >= 11 is 3.34. The third-order valence-electron chi connectivity index (χ3n) is 5.05. The number of aliphatic carboxylic acids is 1. The number of aliphatic hydroxyl groups excluding tert-OH is 1. The number of hydrogen-bond acceptors (Lipinski definition) is 9. The van der Waals surface area contributed by atoms with Crippen molar-refractivity contribution in [2.75, 3.05) is 51.4 Å². The van der Waals surface area contributed by atoms with E-state index in [-0.39, 0.29) is 25.5 Å². The lowest BCUT2D eigenvalue weighted by atomic mass is 9.90. The molecule has 0 bridgehead atoms. The van der Waals surface area contributed by atoms with Crippen molar-refractivity contribution in [1.82, 2.24) is 13.6 Å². The van der Waals surface area contributed by atoms with Gasteiger partial charge in [0.1, 0.15) is 0 Å². The maximum atomic E-state index is 13.4. The van der Waals surface area contributed by atoms with Crippen molar-refractivity contribution in [1.29, 1.82) is 0 Å². The molecule has 0 aromatic carbocycles. The van der Waals surface area contributed by atoms with Crippen LogP contribution in [-0.2, 0) is 11.3 Å². The Balaban J connectivity index is 0.000000623. The number of halogens is 5. The van der Waals surface area contributed by atoms with Crippen LogP contribution in [0.15, 0.2) is 18.3 Å². The lowest BCUT2D eigenvalue weighted by Gasteiger charge is -2.39. The fraction of sp³-hybridized carbons (Fsp3) is 0.714. The van der Waals surface area contributed by atoms with E-state index in [1.807, 2.05) is 16.1 Å². The number of aliphatic hydroxyl groups is 1. The van der Waals surface area contributed by atoms with E-state index in [4.69, 9.17) is 20.7 Å². The number of carbonyl (C=O) groups is 1. The van der Waals surface area contributed by atoms with Crippen LogP contribution < -0.4 is 10.5 Å². The van der Waals surface area contributed by atoms with Crippen LogP contribution in [0.5, 0.6) is 5.88 Å². The Kier molecular flexibility index (Phi) is 14.3. The molecule has 2 saturated heterocycles. The summed E-state index contributed by atoms with van der Waals surface area (Å²) in [5.74, 6) is -4.72. The summed E-state index contributed by atoms with van der Waals surface area (Å²) < 4.78 is 72.4. The van der Waals surface area contributed by atoms with E-state index < -0.39 is 24.0 Å². The summed E-state index contributed by atoms with van der Waals surface area (Å²) in [6.07, 6.45) is -2.49. The summed E-state index contributed by atoms with van der Waals surface area (Å²) in [6.45, 7) is 3.35. The van der Waals surface area contributed by atoms with Crippen molar-refractivity contribution >= 4 is 29.9 Å². The predicted octanol–water partition coefficient (Wildman–Crippen LogP) is 3.37. The molecule has 1 aromatic rings. The second-order valence-corrected chi connectivity index (χ2v) is 10.4. The normalized spacial score (nSPS) is 21.5. The number of rotatable bonds is 7. The Labute approximate surface area is 216 Å². The molecule has 0 spiro atoms. The van der Waals surface area contributed by atoms with Crippen LogP contribution in [0.4, 0.5) is 22.0 Å². The molecule has 2 fully saturated rings. The van der Waals surface area contributed by atoms with Gasteiger partial charge in [-0.3, -0.25) is 0 Å². The molecule has 0 radical (unpaired) electrons. The van der Waals surface area contributed by atoms with Gasteiger partial charge in [-0.1, -0.05) is 0 Å². The van der Waals surface area contributed by atoms with Gasteiger partial charge in [0.15, 0.2) is 0 Å². The van der Waals surface area contributed by atoms with Crippen molar-refractivity contribution in [3.63, 3.8) is 0 Å². The van der Waals surface area contributed by atoms with Gasteiger partial charge in [-0.05, 0) is 18.1 Å². The molecule has 3 rings (SSSR count). The first-order valence-electron chi connectivity index (χ1n) is 11.0. The molecule has 208 valence electrons. The third kappa shape index (κ3) is 12.2. The molecule has 4 N–H and O–H groups in total. The maximum absolute atomic E-state index is 13.4. The Bertz CT molecular complexity index is 783. The van der Waals surface area contributed by atoms with Crippen LogP contribution in [-0.4, -0.2) is 93.3 Å². The summed E-state index contributed by atoms with van der Waals surface area (Å²) in [5, 5.41) is 14.5. The number of nitrogens with zero attached hydrogens (tertiary/aromatic N) is 3. The largest absolute Gasteiger partial charge is 0.477 e. The topological polar surface area (TPSA) is 112 Å². The van der Waals surface area contributed by atoms with Crippen LogP contribution in [0.3, 0.4) is 0 Å². The summed E-state index contributed by atoms with van der Waals surface area (Å²) in [6, 6.07) is 3.53. The van der Waals surface area contributed by atoms with Crippen molar-refractivity contribution in [3.8, 4) is 5.88 Å². The highest BCUT2D eigenvalue weighted by Crippen LogP contribution is 2.38. The Morgan fingerprint density at radius 1 is 1.22 bits per heavy atom. The molecule has 2 aliphatic rings. The first kappa shape index (κ1) is 32.6. The highest BCUT2D eigenvalue weighted by atomic mass is 32.2. The van der Waals surface area contributed by atoms with Crippen molar-refractivity contribution < 1.29 is 41.7 Å². The number of nitrogens with two attached hydrogens (primary N) is 1. The number of carboxylic acid groups (broad SMARTS) is 1. The molecule has 15 heteroatoms. The van der Waals surface area contributed by atoms with E-state index in [2.05, 4.69) is 9.29 Å². The molecule has 8 nitrogen and oxygen atoms in total. The summed E-state index contributed by atoms with van der Waals surface area (Å²) in [7, 11) is 1.00. The minimum absolute atomic E-state index is 0.0369. The van der Waals surface area contributed by atoms with E-state index >= 15 is 0 Å².